The lowest BCUT2D eigenvalue weighted by Gasteiger charge is -2.31. The lowest BCUT2D eigenvalue weighted by atomic mass is 9.87. The third kappa shape index (κ3) is 7.14. The van der Waals surface area contributed by atoms with Crippen molar-refractivity contribution in [3.63, 3.8) is 0 Å². The zero-order valence-electron chi connectivity index (χ0n) is 18.9. The molecular formula is C22H32INO6. The van der Waals surface area contributed by atoms with Crippen molar-refractivity contribution in [2.75, 3.05) is 21.3 Å². The van der Waals surface area contributed by atoms with Crippen LogP contribution in [0.15, 0.2) is 18.2 Å². The van der Waals surface area contributed by atoms with Crippen molar-refractivity contribution >= 4 is 40.4 Å². The fourth-order valence-electron chi connectivity index (χ4n) is 2.99. The van der Waals surface area contributed by atoms with Crippen LogP contribution in [0.3, 0.4) is 0 Å². The minimum atomic E-state index is -0.912. The van der Waals surface area contributed by atoms with E-state index in [-0.39, 0.29) is 18.1 Å². The van der Waals surface area contributed by atoms with Gasteiger partial charge in [0.25, 0.3) is 0 Å². The average Bonchev–Trinajstić information content (AvgIpc) is 2.64. The first-order valence-electron chi connectivity index (χ1n) is 9.72. The summed E-state index contributed by atoms with van der Waals surface area (Å²) in [4.78, 5) is 39.6. The Morgan fingerprint density at radius 3 is 2.17 bits per heavy atom. The second kappa shape index (κ2) is 11.0. The van der Waals surface area contributed by atoms with Crippen LogP contribution in [0.5, 0.6) is 5.75 Å². The monoisotopic (exact) mass is 533 g/mol. The fourth-order valence-corrected chi connectivity index (χ4v) is 3.75. The number of nitrogens with zero attached hydrogens (tertiary/aromatic N) is 1. The summed E-state index contributed by atoms with van der Waals surface area (Å²) in [5.74, 6) is -0.742. The van der Waals surface area contributed by atoms with E-state index >= 15 is 0 Å². The Labute approximate surface area is 192 Å². The highest BCUT2D eigenvalue weighted by Crippen LogP contribution is 2.31. The van der Waals surface area contributed by atoms with E-state index in [2.05, 4.69) is 22.6 Å². The molecule has 0 bridgehead atoms. The molecule has 1 aromatic rings. The van der Waals surface area contributed by atoms with Crippen LogP contribution in [0.4, 0.5) is 4.79 Å². The van der Waals surface area contributed by atoms with Gasteiger partial charge in [0.05, 0.1) is 23.7 Å². The maximum Gasteiger partial charge on any atom is 0.410 e. The van der Waals surface area contributed by atoms with Crippen LogP contribution < -0.4 is 4.74 Å². The second-order valence-corrected chi connectivity index (χ2v) is 9.59. The summed E-state index contributed by atoms with van der Waals surface area (Å²) < 4.78 is 16.4. The van der Waals surface area contributed by atoms with Crippen molar-refractivity contribution in [2.45, 2.75) is 52.7 Å². The molecule has 0 saturated heterocycles. The molecule has 1 aromatic carbocycles. The molecule has 0 aliphatic carbocycles. The molecule has 0 spiro atoms. The Bertz CT molecular complexity index is 771. The first-order valence-corrected chi connectivity index (χ1v) is 10.8. The lowest BCUT2D eigenvalue weighted by molar-refractivity contribution is -0.149. The van der Waals surface area contributed by atoms with Crippen molar-refractivity contribution in [1.29, 1.82) is 0 Å². The number of benzene rings is 1. The Hall–Kier alpha value is -1.84. The first-order chi connectivity index (χ1) is 13.8. The summed E-state index contributed by atoms with van der Waals surface area (Å²) in [6.45, 7) is 9.00. The Balaban J connectivity index is 3.35. The van der Waals surface area contributed by atoms with Crippen LogP contribution in [0, 0.1) is 15.4 Å². The van der Waals surface area contributed by atoms with Gasteiger partial charge in [0.2, 0.25) is 0 Å². The van der Waals surface area contributed by atoms with Gasteiger partial charge in [-0.15, -0.1) is 0 Å². The van der Waals surface area contributed by atoms with Gasteiger partial charge in [0.15, 0.2) is 5.78 Å². The number of esters is 1. The molecule has 8 heteroatoms. The van der Waals surface area contributed by atoms with Gasteiger partial charge in [-0.2, -0.15) is 0 Å². The van der Waals surface area contributed by atoms with Crippen molar-refractivity contribution in [3.05, 3.63) is 27.3 Å². The summed E-state index contributed by atoms with van der Waals surface area (Å²) in [7, 11) is 4.39. The second-order valence-electron chi connectivity index (χ2n) is 8.43. The minimum Gasteiger partial charge on any atom is -0.496 e. The highest BCUT2D eigenvalue weighted by Gasteiger charge is 2.35. The predicted octanol–water partition coefficient (Wildman–Crippen LogP) is 4.61. The van der Waals surface area contributed by atoms with E-state index in [1.807, 2.05) is 13.8 Å². The van der Waals surface area contributed by atoms with Gasteiger partial charge >= 0.3 is 12.1 Å². The molecule has 1 rings (SSSR count). The maximum absolute atomic E-state index is 13.4. The quantitative estimate of drug-likeness (QED) is 0.359. The minimum absolute atomic E-state index is 0.0508. The molecule has 0 saturated carbocycles. The molecule has 0 aromatic heterocycles. The Morgan fingerprint density at radius 2 is 1.73 bits per heavy atom. The van der Waals surface area contributed by atoms with Gasteiger partial charge in [-0.25, -0.2) is 4.79 Å². The zero-order valence-corrected chi connectivity index (χ0v) is 21.1. The van der Waals surface area contributed by atoms with E-state index in [0.717, 1.165) is 3.57 Å². The van der Waals surface area contributed by atoms with Gasteiger partial charge in [-0.3, -0.25) is 14.5 Å². The van der Waals surface area contributed by atoms with Crippen LogP contribution >= 0.6 is 22.6 Å². The van der Waals surface area contributed by atoms with Crippen LogP contribution in [-0.4, -0.2) is 49.6 Å². The standard InChI is InChI=1S/C22H32INO6/c1-13(2)15(20(26)29-8)12-17(25)19(24(6)21(27)30-22(3,4)5)14-9-10-18(28-7)16(23)11-14/h9-11,13,15,19H,12H2,1-8H3/t15-,19-/m0/s1. The number of halogens is 1. The molecule has 0 radical (unpaired) electrons. The summed E-state index contributed by atoms with van der Waals surface area (Å²) in [6, 6.07) is 4.38. The molecule has 168 valence electrons. The van der Waals surface area contributed by atoms with Crippen molar-refractivity contribution in [3.8, 4) is 5.75 Å². The zero-order chi connectivity index (χ0) is 23.2. The molecule has 0 aliphatic heterocycles. The Morgan fingerprint density at radius 1 is 1.13 bits per heavy atom. The predicted molar refractivity (Wildman–Crippen MR) is 122 cm³/mol. The number of hydrogen-bond donors (Lipinski definition) is 0. The number of likely N-dealkylation sites (N-methyl/N-ethyl adjacent to an activating group) is 1. The number of Topliss-reactive ketones (excluding diaryl/α,β-unsaturated/α-hetero) is 1. The fraction of sp³-hybridized carbons (Fsp3) is 0.591. The van der Waals surface area contributed by atoms with Gasteiger partial charge in [-0.1, -0.05) is 19.9 Å². The van der Waals surface area contributed by atoms with Gasteiger partial charge < -0.3 is 14.2 Å². The molecule has 30 heavy (non-hydrogen) atoms. The number of amides is 1. The van der Waals surface area contributed by atoms with Crippen LogP contribution in [-0.2, 0) is 19.1 Å². The molecule has 2 atom stereocenters. The van der Waals surface area contributed by atoms with Gasteiger partial charge in [0.1, 0.15) is 17.4 Å². The molecule has 1 amide bonds. The van der Waals surface area contributed by atoms with E-state index in [0.29, 0.717) is 11.3 Å². The van der Waals surface area contributed by atoms with Crippen molar-refractivity contribution in [1.82, 2.24) is 4.90 Å². The van der Waals surface area contributed by atoms with Crippen LogP contribution in [0.25, 0.3) is 0 Å². The molecule has 0 fully saturated rings. The van der Waals surface area contributed by atoms with E-state index < -0.39 is 29.6 Å². The number of ether oxygens (including phenoxy) is 3. The van der Waals surface area contributed by atoms with Gasteiger partial charge in [0, 0.05) is 13.5 Å². The van der Waals surface area contributed by atoms with Gasteiger partial charge in [-0.05, 0) is 67.0 Å². The van der Waals surface area contributed by atoms with E-state index in [4.69, 9.17) is 14.2 Å². The number of carbonyl (C=O) groups excluding carboxylic acids is 3. The molecule has 0 heterocycles. The normalized spacial score (nSPS) is 13.4. The number of methoxy groups -OCH3 is 2. The highest BCUT2D eigenvalue weighted by molar-refractivity contribution is 14.1. The largest absolute Gasteiger partial charge is 0.496 e. The number of ketones is 1. The summed E-state index contributed by atoms with van der Waals surface area (Å²) >= 11 is 2.11. The average molecular weight is 533 g/mol. The Kier molecular flexibility index (Phi) is 9.58. The molecular weight excluding hydrogens is 501 g/mol. The highest BCUT2D eigenvalue weighted by atomic mass is 127. The lowest BCUT2D eigenvalue weighted by Crippen LogP contribution is -2.40. The first kappa shape index (κ1) is 26.2. The summed E-state index contributed by atoms with van der Waals surface area (Å²) in [5.41, 5.74) is -0.0920. The topological polar surface area (TPSA) is 82.1 Å². The third-order valence-corrected chi connectivity index (χ3v) is 5.44. The molecule has 0 N–H and O–H groups in total. The SMILES string of the molecule is COC(=O)[C@@H](CC(=O)[C@H](c1ccc(OC)c(I)c1)N(C)C(=O)OC(C)(C)C)C(C)C. The third-order valence-electron chi connectivity index (χ3n) is 4.60. The molecule has 0 aliphatic rings. The summed E-state index contributed by atoms with van der Waals surface area (Å²) in [5, 5.41) is 0. The number of hydrogen-bond acceptors (Lipinski definition) is 6. The van der Waals surface area contributed by atoms with Crippen molar-refractivity contribution < 1.29 is 28.6 Å². The van der Waals surface area contributed by atoms with Crippen molar-refractivity contribution in [2.24, 2.45) is 11.8 Å². The maximum atomic E-state index is 13.4. The van der Waals surface area contributed by atoms with E-state index in [9.17, 15) is 14.4 Å². The summed E-state index contributed by atoms with van der Waals surface area (Å²) in [6.07, 6.45) is -0.670. The molecule has 7 nitrogen and oxygen atoms in total. The van der Waals surface area contributed by atoms with E-state index in [1.165, 1.54) is 19.1 Å². The number of carbonyl (C=O) groups is 3. The number of rotatable bonds is 8. The van der Waals surface area contributed by atoms with Crippen LogP contribution in [0.1, 0.15) is 52.6 Å². The van der Waals surface area contributed by atoms with Crippen LogP contribution in [0.2, 0.25) is 0 Å². The smallest absolute Gasteiger partial charge is 0.410 e. The molecule has 0 unspecified atom stereocenters. The van der Waals surface area contributed by atoms with E-state index in [1.54, 1.807) is 46.1 Å².